The van der Waals surface area contributed by atoms with E-state index in [4.69, 9.17) is 0 Å². The second-order valence-electron chi connectivity index (χ2n) is 5.78. The van der Waals surface area contributed by atoms with Crippen molar-refractivity contribution in [2.45, 2.75) is 19.8 Å². The van der Waals surface area contributed by atoms with E-state index >= 15 is 0 Å². The molecule has 1 N–H and O–H groups in total. The lowest BCUT2D eigenvalue weighted by atomic mass is 10.0. The summed E-state index contributed by atoms with van der Waals surface area (Å²) in [5.74, 6) is 0.231. The number of benzene rings is 2. The second kappa shape index (κ2) is 4.98. The van der Waals surface area contributed by atoms with Crippen LogP contribution in [0.25, 0.3) is 22.2 Å². The van der Waals surface area contributed by atoms with Gasteiger partial charge in [0, 0.05) is 18.7 Å². The fourth-order valence-electron chi connectivity index (χ4n) is 3.16. The third-order valence-electron chi connectivity index (χ3n) is 4.31. The van der Waals surface area contributed by atoms with E-state index in [0.29, 0.717) is 6.42 Å². The molecule has 0 radical (unpaired) electrons. The molecule has 22 heavy (non-hydrogen) atoms. The first-order valence-corrected chi connectivity index (χ1v) is 7.57. The number of nitrogens with zero attached hydrogens (tertiary/aromatic N) is 2. The Bertz CT molecular complexity index is 866. The van der Waals surface area contributed by atoms with Crippen LogP contribution >= 0.6 is 0 Å². The van der Waals surface area contributed by atoms with Crippen LogP contribution in [0, 0.1) is 6.92 Å². The molecule has 4 nitrogen and oxygen atoms in total. The predicted molar refractivity (Wildman–Crippen MR) is 87.9 cm³/mol. The van der Waals surface area contributed by atoms with Gasteiger partial charge in [0.25, 0.3) is 0 Å². The standard InChI is InChI=1S/C18H17N3O/c1-12-9-13(5-7-17(12)21-8-2-3-18(21)22)14-4-6-15-16(10-14)20-11-19-15/h4-7,9-11H,2-3,8H2,1H3,(H,19,20). The second-order valence-corrected chi connectivity index (χ2v) is 5.78. The lowest BCUT2D eigenvalue weighted by Crippen LogP contribution is -2.24. The molecular weight excluding hydrogens is 274 g/mol. The van der Waals surface area contributed by atoms with Gasteiger partial charge in [-0.2, -0.15) is 0 Å². The van der Waals surface area contributed by atoms with E-state index in [1.165, 1.54) is 0 Å². The smallest absolute Gasteiger partial charge is 0.227 e. The average Bonchev–Trinajstić information content (AvgIpc) is 3.15. The van der Waals surface area contributed by atoms with Gasteiger partial charge in [0.05, 0.1) is 17.4 Å². The lowest BCUT2D eigenvalue weighted by Gasteiger charge is -2.19. The number of anilines is 1. The van der Waals surface area contributed by atoms with Crippen molar-refractivity contribution in [2.24, 2.45) is 0 Å². The molecule has 2 heterocycles. The van der Waals surface area contributed by atoms with Gasteiger partial charge in [0.15, 0.2) is 0 Å². The highest BCUT2D eigenvalue weighted by Crippen LogP contribution is 2.30. The molecule has 0 aliphatic carbocycles. The number of aromatic amines is 1. The van der Waals surface area contributed by atoms with Crippen molar-refractivity contribution in [2.75, 3.05) is 11.4 Å². The first-order chi connectivity index (χ1) is 10.7. The van der Waals surface area contributed by atoms with E-state index in [1.54, 1.807) is 6.33 Å². The first kappa shape index (κ1) is 13.1. The zero-order valence-electron chi connectivity index (χ0n) is 12.5. The lowest BCUT2D eigenvalue weighted by molar-refractivity contribution is -0.117. The summed E-state index contributed by atoms with van der Waals surface area (Å²) in [6.45, 7) is 2.90. The van der Waals surface area contributed by atoms with E-state index in [2.05, 4.69) is 47.2 Å². The summed E-state index contributed by atoms with van der Waals surface area (Å²) in [6, 6.07) is 12.5. The van der Waals surface area contributed by atoms with Gasteiger partial charge in [-0.25, -0.2) is 4.98 Å². The van der Waals surface area contributed by atoms with Crippen LogP contribution in [-0.4, -0.2) is 22.4 Å². The first-order valence-electron chi connectivity index (χ1n) is 7.57. The number of imidazole rings is 1. The predicted octanol–water partition coefficient (Wildman–Crippen LogP) is 3.67. The number of nitrogens with one attached hydrogen (secondary N) is 1. The zero-order valence-corrected chi connectivity index (χ0v) is 12.5. The Morgan fingerprint density at radius 3 is 2.73 bits per heavy atom. The van der Waals surface area contributed by atoms with Crippen LogP contribution in [0.3, 0.4) is 0 Å². The van der Waals surface area contributed by atoms with Crippen LogP contribution in [0.1, 0.15) is 18.4 Å². The van der Waals surface area contributed by atoms with E-state index in [-0.39, 0.29) is 5.91 Å². The van der Waals surface area contributed by atoms with E-state index < -0.39 is 0 Å². The third kappa shape index (κ3) is 2.08. The van der Waals surface area contributed by atoms with Crippen LogP contribution in [-0.2, 0) is 4.79 Å². The van der Waals surface area contributed by atoms with Gasteiger partial charge in [0.2, 0.25) is 5.91 Å². The maximum Gasteiger partial charge on any atom is 0.227 e. The van der Waals surface area contributed by atoms with Crippen molar-refractivity contribution in [3.63, 3.8) is 0 Å². The van der Waals surface area contributed by atoms with Crippen LogP contribution in [0.4, 0.5) is 5.69 Å². The Labute approximate surface area is 128 Å². The van der Waals surface area contributed by atoms with Gasteiger partial charge in [-0.15, -0.1) is 0 Å². The molecule has 0 saturated carbocycles. The van der Waals surface area contributed by atoms with E-state index in [9.17, 15) is 4.79 Å². The monoisotopic (exact) mass is 291 g/mol. The summed E-state index contributed by atoms with van der Waals surface area (Å²) >= 11 is 0. The van der Waals surface area contributed by atoms with Crippen LogP contribution in [0.5, 0.6) is 0 Å². The number of rotatable bonds is 2. The van der Waals surface area contributed by atoms with Crippen molar-refractivity contribution >= 4 is 22.6 Å². The zero-order chi connectivity index (χ0) is 15.1. The average molecular weight is 291 g/mol. The quantitative estimate of drug-likeness (QED) is 0.783. The van der Waals surface area contributed by atoms with Gasteiger partial charge < -0.3 is 9.88 Å². The van der Waals surface area contributed by atoms with Crippen LogP contribution < -0.4 is 4.90 Å². The van der Waals surface area contributed by atoms with Gasteiger partial charge in [0.1, 0.15) is 0 Å². The number of carbonyl (C=O) groups excluding carboxylic acids is 1. The Morgan fingerprint density at radius 2 is 1.95 bits per heavy atom. The summed E-state index contributed by atoms with van der Waals surface area (Å²) in [4.78, 5) is 21.2. The van der Waals surface area contributed by atoms with Crippen molar-refractivity contribution in [3.05, 3.63) is 48.3 Å². The highest BCUT2D eigenvalue weighted by atomic mass is 16.2. The van der Waals surface area contributed by atoms with Crippen molar-refractivity contribution in [1.29, 1.82) is 0 Å². The molecule has 0 spiro atoms. The van der Waals surface area contributed by atoms with Gasteiger partial charge in [-0.3, -0.25) is 4.79 Å². The highest BCUT2D eigenvalue weighted by Gasteiger charge is 2.22. The largest absolute Gasteiger partial charge is 0.345 e. The maximum atomic E-state index is 11.9. The number of hydrogen-bond donors (Lipinski definition) is 1. The molecule has 2 aromatic carbocycles. The van der Waals surface area contributed by atoms with Gasteiger partial charge in [-0.1, -0.05) is 12.1 Å². The van der Waals surface area contributed by atoms with Crippen molar-refractivity contribution in [3.8, 4) is 11.1 Å². The molecule has 1 aliphatic heterocycles. The fraction of sp³-hybridized carbons (Fsp3) is 0.222. The van der Waals surface area contributed by atoms with E-state index in [0.717, 1.165) is 46.4 Å². The van der Waals surface area contributed by atoms with Crippen LogP contribution in [0.2, 0.25) is 0 Å². The summed E-state index contributed by atoms with van der Waals surface area (Å²) in [5, 5.41) is 0. The molecule has 1 fully saturated rings. The summed E-state index contributed by atoms with van der Waals surface area (Å²) in [6.07, 6.45) is 3.33. The molecule has 3 aromatic rings. The number of amides is 1. The Hall–Kier alpha value is -2.62. The SMILES string of the molecule is Cc1cc(-c2ccc3nc[nH]c3c2)ccc1N1CCCC1=O. The number of H-pyrrole nitrogens is 1. The molecule has 0 bridgehead atoms. The Kier molecular flexibility index (Phi) is 2.96. The molecule has 4 rings (SSSR count). The summed E-state index contributed by atoms with van der Waals surface area (Å²) in [5.41, 5.74) is 6.49. The molecule has 0 atom stereocenters. The van der Waals surface area contributed by atoms with E-state index in [1.807, 2.05) is 11.0 Å². The Morgan fingerprint density at radius 1 is 1.14 bits per heavy atom. The molecule has 4 heteroatoms. The minimum Gasteiger partial charge on any atom is -0.345 e. The number of fused-ring (bicyclic) bond motifs is 1. The van der Waals surface area contributed by atoms with Crippen molar-refractivity contribution < 1.29 is 4.79 Å². The molecule has 1 aliphatic rings. The molecule has 1 amide bonds. The van der Waals surface area contributed by atoms with Crippen LogP contribution in [0.15, 0.2) is 42.7 Å². The Balaban J connectivity index is 1.73. The topological polar surface area (TPSA) is 49.0 Å². The maximum absolute atomic E-state index is 11.9. The minimum atomic E-state index is 0.231. The third-order valence-corrected chi connectivity index (χ3v) is 4.31. The normalized spacial score (nSPS) is 15.0. The molecule has 1 aromatic heterocycles. The fourth-order valence-corrected chi connectivity index (χ4v) is 3.16. The highest BCUT2D eigenvalue weighted by molar-refractivity contribution is 5.96. The number of carbonyl (C=O) groups is 1. The molecule has 1 saturated heterocycles. The van der Waals surface area contributed by atoms with Crippen molar-refractivity contribution in [1.82, 2.24) is 9.97 Å². The summed E-state index contributed by atoms with van der Waals surface area (Å²) < 4.78 is 0. The van der Waals surface area contributed by atoms with Gasteiger partial charge >= 0.3 is 0 Å². The summed E-state index contributed by atoms with van der Waals surface area (Å²) in [7, 11) is 0. The minimum absolute atomic E-state index is 0.231. The molecule has 0 unspecified atom stereocenters. The molecule has 110 valence electrons. The number of aryl methyl sites for hydroxylation is 1. The number of aromatic nitrogens is 2. The van der Waals surface area contributed by atoms with Gasteiger partial charge in [-0.05, 0) is 54.3 Å². The molecular formula is C18H17N3O. The number of hydrogen-bond acceptors (Lipinski definition) is 2.